The normalized spacial score (nSPS) is 10.1. The maximum atomic E-state index is 13.2. The van der Waals surface area contributed by atoms with Gasteiger partial charge in [-0.25, -0.2) is 5.10 Å². The fourth-order valence-corrected chi connectivity index (χ4v) is 2.43. The van der Waals surface area contributed by atoms with Gasteiger partial charge in [0, 0.05) is 41.7 Å². The zero-order valence-electron chi connectivity index (χ0n) is 14.7. The van der Waals surface area contributed by atoms with Crippen LogP contribution in [-0.2, 0) is 21.1 Å². The van der Waals surface area contributed by atoms with Gasteiger partial charge in [-0.05, 0) is 36.2 Å². The van der Waals surface area contributed by atoms with Crippen molar-refractivity contribution in [2.45, 2.75) is 0 Å². The molecule has 0 aliphatic rings. The summed E-state index contributed by atoms with van der Waals surface area (Å²) < 4.78 is 27.4. The largest absolute Gasteiger partial charge is 2.00 e. The van der Waals surface area contributed by atoms with Crippen LogP contribution in [0.4, 0.5) is 8.78 Å². The maximum Gasteiger partial charge on any atom is 2.00 e. The molecule has 29 heavy (non-hydrogen) atoms. The summed E-state index contributed by atoms with van der Waals surface area (Å²) >= 11 is 0. The third kappa shape index (κ3) is 4.78. The Labute approximate surface area is 178 Å². The van der Waals surface area contributed by atoms with Crippen molar-refractivity contribution in [2.75, 3.05) is 0 Å². The van der Waals surface area contributed by atoms with Gasteiger partial charge in [0.05, 0.1) is 5.65 Å². The van der Waals surface area contributed by atoms with Crippen LogP contribution in [0.1, 0.15) is 0 Å². The number of rotatable bonds is 2. The molecule has 1 aromatic carbocycles. The molecule has 0 spiro atoms. The van der Waals surface area contributed by atoms with Crippen molar-refractivity contribution in [3.63, 3.8) is 0 Å². The Bertz CT molecular complexity index is 1160. The van der Waals surface area contributed by atoms with Gasteiger partial charge in [0.2, 0.25) is 0 Å². The van der Waals surface area contributed by atoms with Gasteiger partial charge >= 0.3 is 21.1 Å². The number of hydrogen-bond acceptors (Lipinski definition) is 4. The SMILES string of the molecule is Fc1c[c-]c(-c2ccccn2)c(F)c1.[Pt+2].c1cnc2nc(-n3cccn3)[n-]c2c1. The zero-order chi connectivity index (χ0) is 19.3. The fourth-order valence-electron chi connectivity index (χ4n) is 2.43. The summed E-state index contributed by atoms with van der Waals surface area (Å²) in [5, 5.41) is 4.05. The van der Waals surface area contributed by atoms with Crippen molar-refractivity contribution in [3.05, 3.63) is 91.0 Å². The van der Waals surface area contributed by atoms with E-state index in [0.717, 1.165) is 17.6 Å². The first kappa shape index (κ1) is 20.5. The van der Waals surface area contributed by atoms with Gasteiger partial charge in [0.1, 0.15) is 0 Å². The summed E-state index contributed by atoms with van der Waals surface area (Å²) in [5.41, 5.74) is 2.08. The molecule has 6 nitrogen and oxygen atoms in total. The predicted molar refractivity (Wildman–Crippen MR) is 98.4 cm³/mol. The van der Waals surface area contributed by atoms with E-state index in [2.05, 4.69) is 31.1 Å². The van der Waals surface area contributed by atoms with Gasteiger partial charge in [0.25, 0.3) is 0 Å². The number of hydrogen-bond donors (Lipinski definition) is 0. The molecule has 0 aliphatic carbocycles. The molecule has 0 unspecified atom stereocenters. The molecule has 4 aromatic heterocycles. The Kier molecular flexibility index (Phi) is 6.57. The summed E-state index contributed by atoms with van der Waals surface area (Å²) in [6.45, 7) is 0. The third-order valence-electron chi connectivity index (χ3n) is 3.68. The van der Waals surface area contributed by atoms with Crippen molar-refractivity contribution in [3.8, 4) is 17.2 Å². The van der Waals surface area contributed by atoms with Gasteiger partial charge in [-0.15, -0.1) is 12.1 Å². The fraction of sp³-hybridized carbons (Fsp3) is 0. The van der Waals surface area contributed by atoms with E-state index in [1.54, 1.807) is 47.7 Å². The molecule has 0 amide bonds. The standard InChI is InChI=1S/C11H6F2N.C9H6N5.Pt/c12-8-4-5-9(10(13)7-8)11-3-1-2-6-14-11;1-3-7-8(10-4-1)13-9(12-7)14-6-2-5-11-14;/h1-4,6-7H;1-6H;/q2*-1;+2. The first-order valence-corrected chi connectivity index (χ1v) is 8.24. The van der Waals surface area contributed by atoms with E-state index in [1.807, 2.05) is 18.2 Å². The molecule has 0 N–H and O–H groups in total. The van der Waals surface area contributed by atoms with Crippen LogP contribution >= 0.6 is 0 Å². The molecule has 146 valence electrons. The van der Waals surface area contributed by atoms with Crippen LogP contribution in [-0.4, -0.2) is 24.7 Å². The van der Waals surface area contributed by atoms with E-state index in [1.165, 1.54) is 0 Å². The minimum atomic E-state index is -0.649. The molecule has 5 rings (SSSR count). The van der Waals surface area contributed by atoms with E-state index in [4.69, 9.17) is 0 Å². The molecule has 0 bridgehead atoms. The minimum absolute atomic E-state index is 0. The zero-order valence-corrected chi connectivity index (χ0v) is 17.0. The van der Waals surface area contributed by atoms with Crippen molar-refractivity contribution in [2.24, 2.45) is 0 Å². The summed E-state index contributed by atoms with van der Waals surface area (Å²) in [6.07, 6.45) is 6.73. The van der Waals surface area contributed by atoms with Crippen molar-refractivity contribution in [1.82, 2.24) is 29.7 Å². The molecule has 0 saturated carbocycles. The van der Waals surface area contributed by atoms with Crippen LogP contribution in [0.5, 0.6) is 0 Å². The average Bonchev–Trinajstić information content (AvgIpc) is 3.39. The van der Waals surface area contributed by atoms with Crippen LogP contribution < -0.4 is 4.98 Å². The molecular weight excluding hydrogens is 557 g/mol. The number of halogens is 2. The van der Waals surface area contributed by atoms with Gasteiger partial charge in [0.15, 0.2) is 0 Å². The topological polar surface area (TPSA) is 70.6 Å². The molecule has 4 heterocycles. The quantitative estimate of drug-likeness (QED) is 0.304. The number of benzene rings is 1. The number of imidazole rings is 1. The number of nitrogens with zero attached hydrogens (tertiary/aromatic N) is 6. The van der Waals surface area contributed by atoms with E-state index in [-0.39, 0.29) is 26.6 Å². The minimum Gasteiger partial charge on any atom is -0.355 e. The maximum absolute atomic E-state index is 13.2. The summed E-state index contributed by atoms with van der Waals surface area (Å²) in [6, 6.07) is 15.1. The number of aromatic nitrogens is 6. The van der Waals surface area contributed by atoms with Crippen molar-refractivity contribution < 1.29 is 29.8 Å². The van der Waals surface area contributed by atoms with E-state index >= 15 is 0 Å². The second-order valence-electron chi connectivity index (χ2n) is 5.58. The molecule has 5 aromatic rings. The second kappa shape index (κ2) is 9.30. The smallest absolute Gasteiger partial charge is 0.355 e. The van der Waals surface area contributed by atoms with Crippen LogP contribution in [0.2, 0.25) is 0 Å². The van der Waals surface area contributed by atoms with Crippen molar-refractivity contribution in [1.29, 1.82) is 0 Å². The first-order chi connectivity index (χ1) is 13.7. The van der Waals surface area contributed by atoms with Gasteiger partial charge in [-0.3, -0.25) is 13.8 Å². The van der Waals surface area contributed by atoms with E-state index in [0.29, 0.717) is 17.3 Å². The van der Waals surface area contributed by atoms with Crippen LogP contribution in [0.25, 0.3) is 28.4 Å². The van der Waals surface area contributed by atoms with E-state index < -0.39 is 11.6 Å². The molecule has 0 aliphatic heterocycles. The summed E-state index contributed by atoms with van der Waals surface area (Å²) in [5.74, 6) is -0.727. The number of fused-ring (bicyclic) bond motifs is 1. The van der Waals surface area contributed by atoms with Crippen LogP contribution in [0.3, 0.4) is 0 Å². The number of pyridine rings is 2. The van der Waals surface area contributed by atoms with Crippen molar-refractivity contribution >= 4 is 11.2 Å². The monoisotopic (exact) mass is 569 g/mol. The Hall–Kier alpha value is -3.25. The van der Waals surface area contributed by atoms with Crippen LogP contribution in [0.15, 0.2) is 73.3 Å². The molecular formula is C20H12F2N6Pt. The molecule has 0 radical (unpaired) electrons. The predicted octanol–water partition coefficient (Wildman–Crippen LogP) is 3.60. The average molecular weight is 569 g/mol. The Morgan fingerprint density at radius 1 is 0.966 bits per heavy atom. The second-order valence-corrected chi connectivity index (χ2v) is 5.58. The Balaban J connectivity index is 0.000000160. The van der Waals surface area contributed by atoms with E-state index in [9.17, 15) is 8.78 Å². The Morgan fingerprint density at radius 3 is 2.52 bits per heavy atom. The first-order valence-electron chi connectivity index (χ1n) is 8.24. The third-order valence-corrected chi connectivity index (χ3v) is 3.68. The molecule has 9 heteroatoms. The van der Waals surface area contributed by atoms with Gasteiger partial charge in [-0.2, -0.15) is 0 Å². The van der Waals surface area contributed by atoms with Gasteiger partial charge < -0.3 is 19.6 Å². The molecule has 0 fully saturated rings. The molecule has 0 atom stereocenters. The molecule has 0 saturated heterocycles. The van der Waals surface area contributed by atoms with Gasteiger partial charge in [-0.1, -0.05) is 23.8 Å². The van der Waals surface area contributed by atoms with Crippen LogP contribution in [0, 0.1) is 17.7 Å². The Morgan fingerprint density at radius 2 is 1.83 bits per heavy atom. The summed E-state index contributed by atoms with van der Waals surface area (Å²) in [7, 11) is 0. The summed E-state index contributed by atoms with van der Waals surface area (Å²) in [4.78, 5) is 16.6.